The number of carbonyl (C=O) groups is 2. The van der Waals surface area contributed by atoms with Gasteiger partial charge in [0.25, 0.3) is 0 Å². The minimum Gasteiger partial charge on any atom is -0.465 e. The van der Waals surface area contributed by atoms with E-state index in [1.54, 1.807) is 13.1 Å². The monoisotopic (exact) mass is 580 g/mol. The lowest BCUT2D eigenvalue weighted by Gasteiger charge is -2.59. The molecule has 4 saturated carbocycles. The largest absolute Gasteiger partial charge is 0.465 e. The third-order valence-electron chi connectivity index (χ3n) is 10.6. The highest BCUT2D eigenvalue weighted by molar-refractivity contribution is 6.07. The highest BCUT2D eigenvalue weighted by Gasteiger charge is 2.56. The molecule has 4 aliphatic rings. The molecular weight excluding hydrogens is 540 g/mol. The topological polar surface area (TPSA) is 119 Å². The highest BCUT2D eigenvalue weighted by Crippen LogP contribution is 2.56. The molecule has 2 aromatic carbocycles. The Morgan fingerprint density at radius 3 is 2.33 bits per heavy atom. The van der Waals surface area contributed by atoms with Crippen LogP contribution in [0.15, 0.2) is 66.9 Å². The molecule has 0 spiro atoms. The van der Waals surface area contributed by atoms with E-state index in [-0.39, 0.29) is 36.8 Å². The van der Waals surface area contributed by atoms with Crippen molar-refractivity contribution in [1.29, 1.82) is 0 Å². The van der Waals surface area contributed by atoms with Crippen LogP contribution in [0.2, 0.25) is 0 Å². The first-order chi connectivity index (χ1) is 20.8. The smallest absolute Gasteiger partial charge is 0.408 e. The van der Waals surface area contributed by atoms with E-state index >= 15 is 0 Å². The molecule has 2 unspecified atom stereocenters. The molecule has 2 atom stereocenters. The second-order valence-corrected chi connectivity index (χ2v) is 13.5. The van der Waals surface area contributed by atoms with Gasteiger partial charge in [-0.1, -0.05) is 48.5 Å². The summed E-state index contributed by atoms with van der Waals surface area (Å²) in [5.41, 5.74) is 2.13. The molecule has 8 nitrogen and oxygen atoms in total. The lowest BCUT2D eigenvalue weighted by molar-refractivity contribution is -0.141. The van der Waals surface area contributed by atoms with Gasteiger partial charge >= 0.3 is 6.09 Å². The predicted octanol–water partition coefficient (Wildman–Crippen LogP) is 5.54. The van der Waals surface area contributed by atoms with Gasteiger partial charge in [0.15, 0.2) is 0 Å². The van der Waals surface area contributed by atoms with E-state index in [9.17, 15) is 19.8 Å². The van der Waals surface area contributed by atoms with Gasteiger partial charge in [-0.05, 0) is 86.8 Å². The highest BCUT2D eigenvalue weighted by atomic mass is 16.4. The molecule has 2 amide bonds. The van der Waals surface area contributed by atoms with E-state index in [1.165, 1.54) is 11.3 Å². The number of rotatable bonds is 9. The number of amides is 2. The second kappa shape index (κ2) is 11.0. The normalized spacial score (nSPS) is 26.3. The summed E-state index contributed by atoms with van der Waals surface area (Å²) in [7, 11) is 0. The van der Waals surface area contributed by atoms with Gasteiger partial charge < -0.3 is 20.5 Å². The minimum absolute atomic E-state index is 0.132. The molecule has 8 rings (SSSR count). The van der Waals surface area contributed by atoms with E-state index in [4.69, 9.17) is 4.98 Å². The number of aromatic nitrogens is 2. The maximum atomic E-state index is 14.5. The molecule has 2 heterocycles. The van der Waals surface area contributed by atoms with Crippen LogP contribution in [-0.4, -0.2) is 61.3 Å². The molecule has 2 aromatic heterocycles. The van der Waals surface area contributed by atoms with E-state index in [0.717, 1.165) is 53.1 Å². The van der Waals surface area contributed by atoms with Crippen molar-refractivity contribution in [1.82, 2.24) is 20.2 Å². The molecule has 4 aromatic rings. The summed E-state index contributed by atoms with van der Waals surface area (Å²) >= 11 is 0. The Balaban J connectivity index is 1.27. The van der Waals surface area contributed by atoms with E-state index in [1.807, 2.05) is 54.6 Å². The lowest BCUT2D eigenvalue weighted by atomic mass is 9.53. The summed E-state index contributed by atoms with van der Waals surface area (Å²) in [6, 6.07) is 19.0. The zero-order valence-electron chi connectivity index (χ0n) is 24.6. The standard InChI is InChI=1S/C35H40N4O4/c1-35(33(41)37-27(20-40)16-21-7-3-2-4-8-21,18-26-17-29-28-9-5-6-10-30(28)38-31(29)19-36-26)39(34(42)43)32-24-12-22-11-23(14-24)15-25(32)13-22/h2-10,17,19,22-25,27,32,38,40H,11-16,18,20H2,1H3,(H,37,41)(H,42,43). The summed E-state index contributed by atoms with van der Waals surface area (Å²) in [5.74, 6) is 1.48. The number of hydrogen-bond donors (Lipinski definition) is 4. The molecule has 4 bridgehead atoms. The third-order valence-corrected chi connectivity index (χ3v) is 10.6. The van der Waals surface area contributed by atoms with Crippen molar-refractivity contribution in [2.45, 2.75) is 69.5 Å². The lowest BCUT2D eigenvalue weighted by Crippen LogP contribution is -2.69. The molecule has 43 heavy (non-hydrogen) atoms. The Morgan fingerprint density at radius 1 is 0.977 bits per heavy atom. The number of aliphatic hydroxyl groups excluding tert-OH is 1. The molecular formula is C35H40N4O4. The van der Waals surface area contributed by atoms with Crippen LogP contribution in [0.3, 0.4) is 0 Å². The van der Waals surface area contributed by atoms with E-state index < -0.39 is 17.7 Å². The van der Waals surface area contributed by atoms with Crippen LogP contribution < -0.4 is 5.32 Å². The van der Waals surface area contributed by atoms with Crippen LogP contribution >= 0.6 is 0 Å². The van der Waals surface area contributed by atoms with E-state index in [0.29, 0.717) is 24.0 Å². The van der Waals surface area contributed by atoms with Crippen LogP contribution in [0.5, 0.6) is 0 Å². The maximum absolute atomic E-state index is 14.5. The van der Waals surface area contributed by atoms with Crippen LogP contribution in [0.4, 0.5) is 4.79 Å². The SMILES string of the molecule is CC(Cc1cc2c(cn1)[nH]c1ccccc12)(C(=O)NC(CO)Cc1ccccc1)N(C(=O)O)C1C2CC3CC(C2)CC1C3. The number of hydrogen-bond acceptors (Lipinski definition) is 4. The molecule has 0 aliphatic heterocycles. The van der Waals surface area contributed by atoms with Gasteiger partial charge in [-0.2, -0.15) is 0 Å². The van der Waals surface area contributed by atoms with Crippen LogP contribution in [-0.2, 0) is 17.6 Å². The summed E-state index contributed by atoms with van der Waals surface area (Å²) < 4.78 is 0. The van der Waals surface area contributed by atoms with E-state index in [2.05, 4.69) is 16.4 Å². The first-order valence-electron chi connectivity index (χ1n) is 15.7. The Morgan fingerprint density at radius 2 is 1.65 bits per heavy atom. The quantitative estimate of drug-likeness (QED) is 0.207. The van der Waals surface area contributed by atoms with Gasteiger partial charge in [-0.3, -0.25) is 14.7 Å². The fourth-order valence-corrected chi connectivity index (χ4v) is 8.90. The Hall–Kier alpha value is -3.91. The number of carboxylic acid groups (broad SMARTS) is 1. The average Bonchev–Trinajstić information content (AvgIpc) is 3.36. The number of pyridine rings is 1. The minimum atomic E-state index is -1.43. The van der Waals surface area contributed by atoms with Crippen molar-refractivity contribution in [3.05, 3.63) is 78.1 Å². The number of fused-ring (bicyclic) bond motifs is 3. The van der Waals surface area contributed by atoms with Crippen molar-refractivity contribution in [3.63, 3.8) is 0 Å². The molecule has 0 radical (unpaired) electrons. The van der Waals surface area contributed by atoms with Crippen LogP contribution in [0, 0.1) is 23.7 Å². The summed E-state index contributed by atoms with van der Waals surface area (Å²) in [5, 5.41) is 26.3. The van der Waals surface area contributed by atoms with Gasteiger partial charge in [0, 0.05) is 34.4 Å². The zero-order chi connectivity index (χ0) is 29.7. The molecule has 0 saturated heterocycles. The zero-order valence-corrected chi connectivity index (χ0v) is 24.6. The fraction of sp³-hybridized carbons (Fsp3) is 0.457. The molecule has 4 fully saturated rings. The van der Waals surface area contributed by atoms with Gasteiger partial charge in [0.05, 0.1) is 24.4 Å². The van der Waals surface area contributed by atoms with Crippen molar-refractivity contribution in [3.8, 4) is 0 Å². The van der Waals surface area contributed by atoms with Crippen LogP contribution in [0.25, 0.3) is 21.8 Å². The number of H-pyrrole nitrogens is 1. The molecule has 224 valence electrons. The Bertz CT molecular complexity index is 1620. The fourth-order valence-electron chi connectivity index (χ4n) is 8.90. The summed E-state index contributed by atoms with van der Waals surface area (Å²) in [4.78, 5) is 37.4. The number of para-hydroxylation sites is 1. The Labute approximate surface area is 251 Å². The van der Waals surface area contributed by atoms with Crippen molar-refractivity contribution < 1.29 is 19.8 Å². The van der Waals surface area contributed by atoms with Crippen molar-refractivity contribution in [2.75, 3.05) is 6.61 Å². The van der Waals surface area contributed by atoms with Gasteiger partial charge in [0.1, 0.15) is 5.54 Å². The van der Waals surface area contributed by atoms with Gasteiger partial charge in [0.2, 0.25) is 5.91 Å². The first-order valence-corrected chi connectivity index (χ1v) is 15.7. The summed E-state index contributed by atoms with van der Waals surface area (Å²) in [6.07, 6.45) is 6.69. The van der Waals surface area contributed by atoms with Crippen molar-refractivity contribution in [2.24, 2.45) is 23.7 Å². The third kappa shape index (κ3) is 5.05. The van der Waals surface area contributed by atoms with Crippen molar-refractivity contribution >= 4 is 33.8 Å². The average molecular weight is 581 g/mol. The summed E-state index contributed by atoms with van der Waals surface area (Å²) in [6.45, 7) is 1.51. The number of benzene rings is 2. The molecule has 4 N–H and O–H groups in total. The predicted molar refractivity (Wildman–Crippen MR) is 166 cm³/mol. The Kier molecular flexibility index (Phi) is 7.12. The number of nitrogens with one attached hydrogen (secondary N) is 2. The first kappa shape index (κ1) is 27.9. The molecule has 4 aliphatic carbocycles. The number of aliphatic hydroxyl groups is 1. The van der Waals surface area contributed by atoms with Gasteiger partial charge in [-0.25, -0.2) is 4.79 Å². The maximum Gasteiger partial charge on any atom is 0.408 e. The number of carbonyl (C=O) groups excluding carboxylic acids is 1. The van der Waals surface area contributed by atoms with Gasteiger partial charge in [-0.15, -0.1) is 0 Å². The second-order valence-electron chi connectivity index (χ2n) is 13.5. The van der Waals surface area contributed by atoms with Crippen LogP contribution in [0.1, 0.15) is 50.3 Å². The number of aromatic amines is 1. The molecule has 8 heteroatoms. The number of nitrogens with zero attached hydrogens (tertiary/aromatic N) is 2.